The summed E-state index contributed by atoms with van der Waals surface area (Å²) in [5.74, 6) is 0.714. The van der Waals surface area contributed by atoms with Crippen LogP contribution in [0, 0.1) is 12.8 Å². The van der Waals surface area contributed by atoms with Crippen LogP contribution in [0.1, 0.15) is 44.1 Å². The molecule has 6 heteroatoms. The summed E-state index contributed by atoms with van der Waals surface area (Å²) in [5.41, 5.74) is 0.334. The van der Waals surface area contributed by atoms with E-state index in [0.717, 1.165) is 38.5 Å². The minimum absolute atomic E-state index is 0.0918. The third kappa shape index (κ3) is 4.03. The van der Waals surface area contributed by atoms with Crippen molar-refractivity contribution in [3.05, 3.63) is 17.7 Å². The summed E-state index contributed by atoms with van der Waals surface area (Å²) in [6.45, 7) is 2.00. The molecule has 0 bridgehead atoms. The van der Waals surface area contributed by atoms with Gasteiger partial charge in [0.2, 0.25) is 0 Å². The van der Waals surface area contributed by atoms with Crippen molar-refractivity contribution in [1.82, 2.24) is 0 Å². The Morgan fingerprint density at radius 2 is 1.70 bits per heavy atom. The second-order valence-corrected chi connectivity index (χ2v) is 6.34. The average Bonchev–Trinajstić information content (AvgIpc) is 2.36. The highest BCUT2D eigenvalue weighted by atomic mass is 19.4. The van der Waals surface area contributed by atoms with Crippen LogP contribution in [0.5, 0.6) is 17.2 Å². The Bertz CT molecular complexity index is 549. The van der Waals surface area contributed by atoms with Gasteiger partial charge in [0.1, 0.15) is 5.75 Å². The van der Waals surface area contributed by atoms with E-state index in [0.29, 0.717) is 23.8 Å². The van der Waals surface area contributed by atoms with Gasteiger partial charge in [0, 0.05) is 5.56 Å². The lowest BCUT2D eigenvalue weighted by atomic mass is 9.86. The van der Waals surface area contributed by atoms with Gasteiger partial charge in [0.05, 0.1) is 12.7 Å². The number of hydrogen-bond donors (Lipinski definition) is 0. The second kappa shape index (κ2) is 6.49. The van der Waals surface area contributed by atoms with Gasteiger partial charge in [-0.2, -0.15) is 0 Å². The molecule has 0 N–H and O–H groups in total. The molecule has 0 spiro atoms. The van der Waals surface area contributed by atoms with Crippen LogP contribution in [-0.4, -0.2) is 19.1 Å². The Hall–Kier alpha value is -1.59. The first kappa shape index (κ1) is 16.3. The van der Waals surface area contributed by atoms with Crippen LogP contribution in [0.4, 0.5) is 13.2 Å². The number of ether oxygens (including phenoxy) is 3. The summed E-state index contributed by atoms with van der Waals surface area (Å²) in [7, 11) is 0. The standard InChI is InChI=1S/C17H21F3O3/c1-11-14(22-13-6-3-7-13)8-9-15(16(11)23-17(18,19)20)21-10-12-4-2-5-12/h8-9,12-13H,2-7,10H2,1H3. The molecule has 0 heterocycles. The second-order valence-electron chi connectivity index (χ2n) is 6.34. The minimum atomic E-state index is -4.76. The quantitative estimate of drug-likeness (QED) is 0.734. The van der Waals surface area contributed by atoms with Crippen LogP contribution in [0.2, 0.25) is 0 Å². The molecule has 0 atom stereocenters. The molecule has 1 aromatic carbocycles. The maximum atomic E-state index is 12.7. The fraction of sp³-hybridized carbons (Fsp3) is 0.647. The molecule has 2 fully saturated rings. The Kier molecular flexibility index (Phi) is 4.60. The maximum Gasteiger partial charge on any atom is 0.573 e. The number of hydrogen-bond acceptors (Lipinski definition) is 3. The van der Waals surface area contributed by atoms with E-state index in [1.165, 1.54) is 6.07 Å². The minimum Gasteiger partial charge on any atom is -0.490 e. The molecular weight excluding hydrogens is 309 g/mol. The van der Waals surface area contributed by atoms with Gasteiger partial charge in [0.25, 0.3) is 0 Å². The molecule has 23 heavy (non-hydrogen) atoms. The van der Waals surface area contributed by atoms with Crippen molar-refractivity contribution in [2.75, 3.05) is 6.61 Å². The Balaban J connectivity index is 1.79. The molecule has 3 rings (SSSR count). The third-order valence-electron chi connectivity index (χ3n) is 4.58. The molecule has 0 aliphatic heterocycles. The normalized spacial score (nSPS) is 19.0. The summed E-state index contributed by atoms with van der Waals surface area (Å²) in [4.78, 5) is 0. The summed E-state index contributed by atoms with van der Waals surface area (Å²) < 4.78 is 53.7. The van der Waals surface area contributed by atoms with Crippen LogP contribution in [-0.2, 0) is 0 Å². The predicted octanol–water partition coefficient (Wildman–Crippen LogP) is 5.00. The van der Waals surface area contributed by atoms with Crippen LogP contribution < -0.4 is 14.2 Å². The van der Waals surface area contributed by atoms with Gasteiger partial charge in [-0.1, -0.05) is 6.42 Å². The summed E-state index contributed by atoms with van der Waals surface area (Å²) >= 11 is 0. The van der Waals surface area contributed by atoms with Gasteiger partial charge >= 0.3 is 6.36 Å². The Labute approximate surface area is 133 Å². The first-order valence-electron chi connectivity index (χ1n) is 8.11. The lowest BCUT2D eigenvalue weighted by Crippen LogP contribution is -2.25. The molecule has 0 aromatic heterocycles. The van der Waals surface area contributed by atoms with E-state index >= 15 is 0 Å². The molecule has 3 nitrogen and oxygen atoms in total. The van der Waals surface area contributed by atoms with Crippen LogP contribution in [0.15, 0.2) is 12.1 Å². The number of alkyl halides is 3. The Morgan fingerprint density at radius 1 is 1.04 bits per heavy atom. The Morgan fingerprint density at radius 3 is 2.22 bits per heavy atom. The van der Waals surface area contributed by atoms with E-state index in [2.05, 4.69) is 4.74 Å². The maximum absolute atomic E-state index is 12.7. The zero-order valence-corrected chi connectivity index (χ0v) is 13.1. The van der Waals surface area contributed by atoms with Crippen molar-refractivity contribution < 1.29 is 27.4 Å². The molecule has 2 aliphatic carbocycles. The van der Waals surface area contributed by atoms with Gasteiger partial charge in [-0.05, 0) is 57.1 Å². The average molecular weight is 330 g/mol. The predicted molar refractivity (Wildman–Crippen MR) is 79.0 cm³/mol. The van der Waals surface area contributed by atoms with Gasteiger partial charge in [0.15, 0.2) is 11.5 Å². The zero-order valence-electron chi connectivity index (χ0n) is 13.1. The summed E-state index contributed by atoms with van der Waals surface area (Å²) in [6.07, 6.45) is 1.60. The van der Waals surface area contributed by atoms with Crippen LogP contribution >= 0.6 is 0 Å². The highest BCUT2D eigenvalue weighted by Gasteiger charge is 2.34. The van der Waals surface area contributed by atoms with Gasteiger partial charge in [-0.3, -0.25) is 0 Å². The number of rotatable bonds is 6. The fourth-order valence-corrected chi connectivity index (χ4v) is 2.67. The largest absolute Gasteiger partial charge is 0.573 e. The lowest BCUT2D eigenvalue weighted by molar-refractivity contribution is -0.275. The fourth-order valence-electron chi connectivity index (χ4n) is 2.67. The summed E-state index contributed by atoms with van der Waals surface area (Å²) in [5, 5.41) is 0. The highest BCUT2D eigenvalue weighted by molar-refractivity contribution is 5.53. The topological polar surface area (TPSA) is 27.7 Å². The first-order chi connectivity index (χ1) is 10.9. The molecular formula is C17H21F3O3. The van der Waals surface area contributed by atoms with Gasteiger partial charge < -0.3 is 14.2 Å². The number of benzene rings is 1. The van der Waals surface area contributed by atoms with Gasteiger partial charge in [-0.25, -0.2) is 0 Å². The molecule has 128 valence electrons. The van der Waals surface area contributed by atoms with E-state index in [4.69, 9.17) is 9.47 Å². The van der Waals surface area contributed by atoms with Crippen molar-refractivity contribution in [3.8, 4) is 17.2 Å². The van der Waals surface area contributed by atoms with E-state index < -0.39 is 6.36 Å². The van der Waals surface area contributed by atoms with E-state index in [1.807, 2.05) is 0 Å². The zero-order chi connectivity index (χ0) is 16.4. The van der Waals surface area contributed by atoms with Crippen molar-refractivity contribution in [3.63, 3.8) is 0 Å². The smallest absolute Gasteiger partial charge is 0.490 e. The number of halogens is 3. The van der Waals surface area contributed by atoms with Crippen molar-refractivity contribution in [2.45, 2.75) is 57.9 Å². The van der Waals surface area contributed by atoms with Crippen LogP contribution in [0.3, 0.4) is 0 Å². The molecule has 0 saturated heterocycles. The lowest BCUT2D eigenvalue weighted by Gasteiger charge is -2.29. The summed E-state index contributed by atoms with van der Waals surface area (Å²) in [6, 6.07) is 3.19. The first-order valence-corrected chi connectivity index (χ1v) is 8.11. The van der Waals surface area contributed by atoms with E-state index in [-0.39, 0.29) is 17.6 Å². The third-order valence-corrected chi connectivity index (χ3v) is 4.58. The molecule has 2 saturated carbocycles. The molecule has 0 amide bonds. The van der Waals surface area contributed by atoms with Gasteiger partial charge in [-0.15, -0.1) is 13.2 Å². The molecule has 0 radical (unpaired) electrons. The van der Waals surface area contributed by atoms with E-state index in [1.54, 1.807) is 13.0 Å². The van der Waals surface area contributed by atoms with Crippen molar-refractivity contribution in [2.24, 2.45) is 5.92 Å². The molecule has 2 aliphatic rings. The van der Waals surface area contributed by atoms with Crippen LogP contribution in [0.25, 0.3) is 0 Å². The SMILES string of the molecule is Cc1c(OC2CCC2)ccc(OCC2CCC2)c1OC(F)(F)F. The molecule has 1 aromatic rings. The monoisotopic (exact) mass is 330 g/mol. The van der Waals surface area contributed by atoms with Crippen molar-refractivity contribution >= 4 is 0 Å². The molecule has 0 unspecified atom stereocenters. The van der Waals surface area contributed by atoms with Crippen molar-refractivity contribution in [1.29, 1.82) is 0 Å². The van der Waals surface area contributed by atoms with E-state index in [9.17, 15) is 13.2 Å². The highest BCUT2D eigenvalue weighted by Crippen LogP contribution is 2.42.